The van der Waals surface area contributed by atoms with Crippen LogP contribution in [0.5, 0.6) is 0 Å². The molecule has 8 heteroatoms. The van der Waals surface area contributed by atoms with Crippen molar-refractivity contribution in [2.45, 2.75) is 71.1 Å². The van der Waals surface area contributed by atoms with E-state index in [0.29, 0.717) is 18.6 Å². The lowest BCUT2D eigenvalue weighted by Gasteiger charge is -2.25. The van der Waals surface area contributed by atoms with E-state index < -0.39 is 0 Å². The second-order valence-electron chi connectivity index (χ2n) is 8.48. The van der Waals surface area contributed by atoms with Crippen LogP contribution in [-0.2, 0) is 20.1 Å². The summed E-state index contributed by atoms with van der Waals surface area (Å²) in [6, 6.07) is 11.6. The molecule has 31 heavy (non-hydrogen) atoms. The standard InChI is InChI=1S/C23H37N7.HI/c1-18(29(3)17-20-10-6-5-7-11-20)14-15-24-23(26-21-12-8-9-13-21)25-16-22-28-27-19(2)30(22)4;/h5-7,10-11,18,21H,8-9,12-17H2,1-4H3,(H2,24,25,26);1H. The molecule has 172 valence electrons. The third-order valence-corrected chi connectivity index (χ3v) is 6.14. The van der Waals surface area contributed by atoms with E-state index in [2.05, 4.69) is 70.0 Å². The summed E-state index contributed by atoms with van der Waals surface area (Å²) in [7, 11) is 4.18. The molecule has 2 aromatic rings. The molecule has 1 aliphatic carbocycles. The Labute approximate surface area is 204 Å². The first-order valence-electron chi connectivity index (χ1n) is 11.2. The number of nitrogens with one attached hydrogen (secondary N) is 2. The molecule has 1 fully saturated rings. The minimum Gasteiger partial charge on any atom is -0.356 e. The molecular weight excluding hydrogens is 501 g/mol. The summed E-state index contributed by atoms with van der Waals surface area (Å²) in [5.41, 5.74) is 1.35. The molecule has 0 spiro atoms. The lowest BCUT2D eigenvalue weighted by atomic mass is 10.1. The summed E-state index contributed by atoms with van der Waals surface area (Å²) in [5.74, 6) is 2.69. The van der Waals surface area contributed by atoms with Gasteiger partial charge in [-0.1, -0.05) is 43.2 Å². The number of benzene rings is 1. The molecule has 7 nitrogen and oxygen atoms in total. The van der Waals surface area contributed by atoms with Gasteiger partial charge in [0.15, 0.2) is 11.8 Å². The number of hydrogen-bond acceptors (Lipinski definition) is 4. The van der Waals surface area contributed by atoms with Gasteiger partial charge in [-0.2, -0.15) is 0 Å². The van der Waals surface area contributed by atoms with Gasteiger partial charge in [0.2, 0.25) is 0 Å². The zero-order valence-corrected chi connectivity index (χ0v) is 21.7. The molecule has 0 aliphatic heterocycles. The Morgan fingerprint density at radius 1 is 1.23 bits per heavy atom. The number of aliphatic imine (C=N–C) groups is 1. The van der Waals surface area contributed by atoms with Crippen LogP contribution in [0.4, 0.5) is 0 Å². The molecule has 2 N–H and O–H groups in total. The van der Waals surface area contributed by atoms with Crippen LogP contribution >= 0.6 is 24.0 Å². The molecule has 1 atom stereocenters. The summed E-state index contributed by atoms with van der Waals surface area (Å²) in [5, 5.41) is 15.5. The second kappa shape index (κ2) is 13.0. The topological polar surface area (TPSA) is 70.4 Å². The highest BCUT2D eigenvalue weighted by atomic mass is 127. The molecule has 1 aromatic carbocycles. The van der Waals surface area contributed by atoms with Gasteiger partial charge in [0.25, 0.3) is 0 Å². The molecule has 1 saturated carbocycles. The summed E-state index contributed by atoms with van der Waals surface area (Å²) in [4.78, 5) is 7.20. The highest BCUT2D eigenvalue weighted by Crippen LogP contribution is 2.17. The number of hydrogen-bond donors (Lipinski definition) is 2. The molecule has 1 aromatic heterocycles. The normalized spacial score (nSPS) is 15.7. The summed E-state index contributed by atoms with van der Waals surface area (Å²) < 4.78 is 2.00. The fourth-order valence-corrected chi connectivity index (χ4v) is 3.80. The van der Waals surface area contributed by atoms with Crippen molar-refractivity contribution in [2.24, 2.45) is 12.0 Å². The van der Waals surface area contributed by atoms with Crippen molar-refractivity contribution >= 4 is 29.9 Å². The van der Waals surface area contributed by atoms with Gasteiger partial charge in [0, 0.05) is 32.2 Å². The average molecular weight is 540 g/mol. The predicted molar refractivity (Wildman–Crippen MR) is 138 cm³/mol. The zero-order chi connectivity index (χ0) is 21.3. The lowest BCUT2D eigenvalue weighted by molar-refractivity contribution is 0.238. The summed E-state index contributed by atoms with van der Waals surface area (Å²) in [6.45, 7) is 6.63. The number of nitrogens with zero attached hydrogens (tertiary/aromatic N) is 5. The SMILES string of the molecule is Cc1nnc(CN=C(NCCC(C)N(C)Cc2ccccc2)NC2CCCC2)n1C.I. The van der Waals surface area contributed by atoms with Gasteiger partial charge in [-0.25, -0.2) is 4.99 Å². The molecule has 3 rings (SSSR count). The highest BCUT2D eigenvalue weighted by Gasteiger charge is 2.17. The van der Waals surface area contributed by atoms with Crippen molar-refractivity contribution in [1.82, 2.24) is 30.3 Å². The van der Waals surface area contributed by atoms with Crippen LogP contribution in [0.3, 0.4) is 0 Å². The minimum atomic E-state index is 0. The van der Waals surface area contributed by atoms with Crippen molar-refractivity contribution in [3.8, 4) is 0 Å². The van der Waals surface area contributed by atoms with Gasteiger partial charge in [-0.3, -0.25) is 4.90 Å². The number of guanidine groups is 1. The number of rotatable bonds is 9. The van der Waals surface area contributed by atoms with Crippen LogP contribution < -0.4 is 10.6 Å². The van der Waals surface area contributed by atoms with Crippen LogP contribution in [0.25, 0.3) is 0 Å². The van der Waals surface area contributed by atoms with Crippen LogP contribution in [0.15, 0.2) is 35.3 Å². The summed E-state index contributed by atoms with van der Waals surface area (Å²) in [6.07, 6.45) is 6.10. The van der Waals surface area contributed by atoms with Crippen molar-refractivity contribution in [1.29, 1.82) is 0 Å². The Morgan fingerprint density at radius 2 is 1.94 bits per heavy atom. The summed E-state index contributed by atoms with van der Waals surface area (Å²) >= 11 is 0. The fourth-order valence-electron chi connectivity index (χ4n) is 3.80. The quantitative estimate of drug-likeness (QED) is 0.290. The van der Waals surface area contributed by atoms with Crippen LogP contribution in [0.1, 0.15) is 56.2 Å². The largest absolute Gasteiger partial charge is 0.356 e. The van der Waals surface area contributed by atoms with Gasteiger partial charge in [-0.15, -0.1) is 34.2 Å². The van der Waals surface area contributed by atoms with Crippen LogP contribution in [-0.4, -0.2) is 51.3 Å². The Morgan fingerprint density at radius 3 is 2.58 bits per heavy atom. The van der Waals surface area contributed by atoms with Gasteiger partial charge in [0.1, 0.15) is 12.4 Å². The van der Waals surface area contributed by atoms with E-state index >= 15 is 0 Å². The Bertz CT molecular complexity index is 800. The Kier molecular flexibility index (Phi) is 10.7. The lowest BCUT2D eigenvalue weighted by Crippen LogP contribution is -2.44. The van der Waals surface area contributed by atoms with E-state index in [-0.39, 0.29) is 24.0 Å². The van der Waals surface area contributed by atoms with Gasteiger partial charge < -0.3 is 15.2 Å². The van der Waals surface area contributed by atoms with Crippen LogP contribution in [0.2, 0.25) is 0 Å². The molecular formula is C23H38IN7. The van der Waals surface area contributed by atoms with E-state index in [1.165, 1.54) is 31.2 Å². The Balaban J connectivity index is 0.00000341. The molecule has 0 radical (unpaired) electrons. The Hall–Kier alpha value is -1.68. The average Bonchev–Trinajstić information content (AvgIpc) is 3.37. The number of aromatic nitrogens is 3. The van der Waals surface area contributed by atoms with E-state index in [1.807, 2.05) is 18.5 Å². The van der Waals surface area contributed by atoms with Crippen molar-refractivity contribution < 1.29 is 0 Å². The van der Waals surface area contributed by atoms with Gasteiger partial charge in [-0.05, 0) is 45.7 Å². The van der Waals surface area contributed by atoms with E-state index in [0.717, 1.165) is 37.1 Å². The monoisotopic (exact) mass is 539 g/mol. The minimum absolute atomic E-state index is 0. The smallest absolute Gasteiger partial charge is 0.191 e. The fraction of sp³-hybridized carbons (Fsp3) is 0.609. The van der Waals surface area contributed by atoms with Crippen molar-refractivity contribution in [2.75, 3.05) is 13.6 Å². The molecule has 0 amide bonds. The number of halogens is 1. The van der Waals surface area contributed by atoms with Gasteiger partial charge >= 0.3 is 0 Å². The molecule has 1 heterocycles. The van der Waals surface area contributed by atoms with Crippen LogP contribution in [0, 0.1) is 6.92 Å². The number of aryl methyl sites for hydroxylation is 1. The predicted octanol–water partition coefficient (Wildman–Crippen LogP) is 3.63. The zero-order valence-electron chi connectivity index (χ0n) is 19.3. The maximum Gasteiger partial charge on any atom is 0.191 e. The van der Waals surface area contributed by atoms with E-state index in [4.69, 9.17) is 4.99 Å². The van der Waals surface area contributed by atoms with Crippen molar-refractivity contribution in [3.05, 3.63) is 47.5 Å². The molecule has 1 unspecified atom stereocenters. The van der Waals surface area contributed by atoms with Crippen molar-refractivity contribution in [3.63, 3.8) is 0 Å². The third kappa shape index (κ3) is 8.07. The molecule has 0 bridgehead atoms. The first-order chi connectivity index (χ1) is 14.5. The van der Waals surface area contributed by atoms with Gasteiger partial charge in [0.05, 0.1) is 0 Å². The first-order valence-corrected chi connectivity index (χ1v) is 11.2. The first kappa shape index (κ1) is 25.6. The maximum atomic E-state index is 4.80. The highest BCUT2D eigenvalue weighted by molar-refractivity contribution is 14.0. The molecule has 1 aliphatic rings. The maximum absolute atomic E-state index is 4.80. The van der Waals surface area contributed by atoms with E-state index in [1.54, 1.807) is 0 Å². The second-order valence-corrected chi connectivity index (χ2v) is 8.48. The third-order valence-electron chi connectivity index (χ3n) is 6.14. The molecule has 0 saturated heterocycles. The van der Waals surface area contributed by atoms with E-state index in [9.17, 15) is 0 Å².